The Morgan fingerprint density at radius 3 is 2.00 bits per heavy atom. The van der Waals surface area contributed by atoms with E-state index >= 15 is 0 Å². The second-order valence-corrected chi connectivity index (χ2v) is 5.90. The monoisotopic (exact) mass is 381 g/mol. The zero-order valence-corrected chi connectivity index (χ0v) is 15.2. The second kappa shape index (κ2) is 8.33. The number of benzene rings is 2. The summed E-state index contributed by atoms with van der Waals surface area (Å²) in [7, 11) is 1.52. The molecule has 0 aliphatic heterocycles. The number of carbonyl (C=O) groups is 2. The van der Waals surface area contributed by atoms with Crippen molar-refractivity contribution in [1.82, 2.24) is 4.98 Å². The van der Waals surface area contributed by atoms with Gasteiger partial charge in [0.1, 0.15) is 17.1 Å². The first-order valence-corrected chi connectivity index (χ1v) is 8.43. The van der Waals surface area contributed by atoms with Crippen LogP contribution in [0.4, 0.5) is 11.4 Å². The summed E-state index contributed by atoms with van der Waals surface area (Å²) in [5.74, 6) is -0.389. The van der Waals surface area contributed by atoms with E-state index in [9.17, 15) is 9.59 Å². The van der Waals surface area contributed by atoms with Gasteiger partial charge in [-0.05, 0) is 36.4 Å². The highest BCUT2D eigenvalue weighted by atomic mass is 35.5. The highest BCUT2D eigenvalue weighted by Crippen LogP contribution is 2.24. The normalized spacial score (nSPS) is 10.1. The van der Waals surface area contributed by atoms with Crippen molar-refractivity contribution in [1.29, 1.82) is 0 Å². The van der Waals surface area contributed by atoms with Gasteiger partial charge in [0.15, 0.2) is 0 Å². The molecule has 1 heterocycles. The SMILES string of the molecule is COc1ccccc1NC(=O)c1cccc(C(=O)Nc2ccccc2Cl)n1. The summed E-state index contributed by atoms with van der Waals surface area (Å²) in [6.45, 7) is 0. The van der Waals surface area contributed by atoms with Crippen molar-refractivity contribution in [2.24, 2.45) is 0 Å². The fourth-order valence-electron chi connectivity index (χ4n) is 2.37. The molecule has 7 heteroatoms. The third kappa shape index (κ3) is 4.43. The molecule has 0 fully saturated rings. The van der Waals surface area contributed by atoms with Crippen molar-refractivity contribution in [3.05, 3.63) is 83.1 Å². The minimum Gasteiger partial charge on any atom is -0.495 e. The van der Waals surface area contributed by atoms with Gasteiger partial charge in [-0.3, -0.25) is 9.59 Å². The van der Waals surface area contributed by atoms with Gasteiger partial charge in [0.25, 0.3) is 11.8 Å². The molecule has 0 aliphatic carbocycles. The lowest BCUT2D eigenvalue weighted by atomic mass is 10.2. The van der Waals surface area contributed by atoms with E-state index in [0.29, 0.717) is 22.1 Å². The topological polar surface area (TPSA) is 80.3 Å². The van der Waals surface area contributed by atoms with E-state index < -0.39 is 11.8 Å². The summed E-state index contributed by atoms with van der Waals surface area (Å²) in [5, 5.41) is 5.81. The molecule has 1 aromatic heterocycles. The Kier molecular flexibility index (Phi) is 5.68. The Hall–Kier alpha value is -3.38. The summed E-state index contributed by atoms with van der Waals surface area (Å²) in [6, 6.07) is 18.5. The van der Waals surface area contributed by atoms with Gasteiger partial charge in [-0.2, -0.15) is 0 Å². The molecule has 2 amide bonds. The highest BCUT2D eigenvalue weighted by Gasteiger charge is 2.15. The number of ether oxygens (including phenoxy) is 1. The van der Waals surface area contributed by atoms with E-state index in [2.05, 4.69) is 15.6 Å². The van der Waals surface area contributed by atoms with E-state index in [1.807, 2.05) is 0 Å². The maximum Gasteiger partial charge on any atom is 0.274 e. The molecule has 0 unspecified atom stereocenters. The van der Waals surface area contributed by atoms with Crippen LogP contribution in [0.15, 0.2) is 66.7 Å². The van der Waals surface area contributed by atoms with Gasteiger partial charge in [-0.25, -0.2) is 4.98 Å². The van der Waals surface area contributed by atoms with Gasteiger partial charge in [0.05, 0.1) is 23.5 Å². The van der Waals surface area contributed by atoms with E-state index in [1.54, 1.807) is 54.6 Å². The number of aromatic nitrogens is 1. The number of hydrogen-bond donors (Lipinski definition) is 2. The summed E-state index contributed by atoms with van der Waals surface area (Å²) in [6.07, 6.45) is 0. The fourth-order valence-corrected chi connectivity index (χ4v) is 2.55. The Bertz CT molecular complexity index is 991. The highest BCUT2D eigenvalue weighted by molar-refractivity contribution is 6.33. The van der Waals surface area contributed by atoms with E-state index in [-0.39, 0.29) is 11.4 Å². The molecule has 0 atom stereocenters. The van der Waals surface area contributed by atoms with Crippen LogP contribution in [0.2, 0.25) is 5.02 Å². The van der Waals surface area contributed by atoms with Crippen molar-refractivity contribution < 1.29 is 14.3 Å². The number of para-hydroxylation sites is 3. The number of halogens is 1. The minimum atomic E-state index is -0.463. The van der Waals surface area contributed by atoms with Crippen LogP contribution in [-0.2, 0) is 0 Å². The average molecular weight is 382 g/mol. The Balaban J connectivity index is 1.77. The van der Waals surface area contributed by atoms with E-state index in [1.165, 1.54) is 19.2 Å². The molecule has 6 nitrogen and oxygen atoms in total. The molecule has 3 rings (SSSR count). The van der Waals surface area contributed by atoms with Gasteiger partial charge in [0, 0.05) is 0 Å². The quantitative estimate of drug-likeness (QED) is 0.692. The van der Waals surface area contributed by atoms with Crippen LogP contribution in [0.1, 0.15) is 21.0 Å². The molecule has 0 saturated carbocycles. The first-order chi connectivity index (χ1) is 13.1. The zero-order valence-electron chi connectivity index (χ0n) is 14.4. The van der Waals surface area contributed by atoms with Gasteiger partial charge < -0.3 is 15.4 Å². The zero-order chi connectivity index (χ0) is 19.2. The lowest BCUT2D eigenvalue weighted by Crippen LogP contribution is -2.18. The van der Waals surface area contributed by atoms with Crippen LogP contribution in [0.25, 0.3) is 0 Å². The first-order valence-electron chi connectivity index (χ1n) is 8.06. The molecular weight excluding hydrogens is 366 g/mol. The van der Waals surface area contributed by atoms with Gasteiger partial charge in [0.2, 0.25) is 0 Å². The predicted molar refractivity (Wildman–Crippen MR) is 105 cm³/mol. The Morgan fingerprint density at radius 1 is 0.815 bits per heavy atom. The molecule has 0 spiro atoms. The molecule has 0 bridgehead atoms. The van der Waals surface area contributed by atoms with Crippen molar-refractivity contribution in [2.45, 2.75) is 0 Å². The summed E-state index contributed by atoms with van der Waals surface area (Å²) in [4.78, 5) is 29.0. The van der Waals surface area contributed by atoms with E-state index in [4.69, 9.17) is 16.3 Å². The molecular formula is C20H16ClN3O3. The third-order valence-electron chi connectivity index (χ3n) is 3.69. The largest absolute Gasteiger partial charge is 0.495 e. The number of hydrogen-bond acceptors (Lipinski definition) is 4. The smallest absolute Gasteiger partial charge is 0.274 e. The molecule has 3 aromatic rings. The van der Waals surface area contributed by atoms with Gasteiger partial charge in [-0.15, -0.1) is 0 Å². The molecule has 0 aliphatic rings. The molecule has 0 radical (unpaired) electrons. The molecule has 2 N–H and O–H groups in total. The van der Waals surface area contributed by atoms with E-state index in [0.717, 1.165) is 0 Å². The second-order valence-electron chi connectivity index (χ2n) is 5.50. The Morgan fingerprint density at radius 2 is 1.37 bits per heavy atom. The van der Waals surface area contributed by atoms with Crippen LogP contribution < -0.4 is 15.4 Å². The van der Waals surface area contributed by atoms with Gasteiger partial charge >= 0.3 is 0 Å². The Labute approximate surface area is 161 Å². The maximum atomic E-state index is 12.5. The lowest BCUT2D eigenvalue weighted by Gasteiger charge is -2.10. The number of anilines is 2. The standard InChI is InChI=1S/C20H16ClN3O3/c1-27-18-12-5-4-9-15(18)24-20(26)17-11-6-10-16(22-17)19(25)23-14-8-3-2-7-13(14)21/h2-12H,1H3,(H,23,25)(H,24,26). The van der Waals surface area contributed by atoms with Crippen molar-refractivity contribution >= 4 is 34.8 Å². The predicted octanol–water partition coefficient (Wildman–Crippen LogP) is 4.25. The van der Waals surface area contributed by atoms with Gasteiger partial charge in [-0.1, -0.05) is 41.9 Å². The minimum absolute atomic E-state index is 0.0996. The first kappa shape index (κ1) is 18.4. The number of rotatable bonds is 5. The van der Waals surface area contributed by atoms with Crippen molar-refractivity contribution in [3.8, 4) is 5.75 Å². The number of nitrogens with one attached hydrogen (secondary N) is 2. The lowest BCUT2D eigenvalue weighted by molar-refractivity contribution is 0.101. The maximum absolute atomic E-state index is 12.5. The van der Waals surface area contributed by atoms with Crippen LogP contribution in [0, 0.1) is 0 Å². The summed E-state index contributed by atoms with van der Waals surface area (Å²) in [5.41, 5.74) is 1.18. The molecule has 0 saturated heterocycles. The average Bonchev–Trinajstić information content (AvgIpc) is 2.70. The number of pyridine rings is 1. The van der Waals surface area contributed by atoms with Crippen LogP contribution in [-0.4, -0.2) is 23.9 Å². The summed E-state index contributed by atoms with van der Waals surface area (Å²) < 4.78 is 5.21. The number of amides is 2. The van der Waals surface area contributed by atoms with Crippen LogP contribution >= 0.6 is 11.6 Å². The molecule has 27 heavy (non-hydrogen) atoms. The molecule has 2 aromatic carbocycles. The number of methoxy groups -OCH3 is 1. The number of nitrogens with zero attached hydrogens (tertiary/aromatic N) is 1. The third-order valence-corrected chi connectivity index (χ3v) is 4.02. The fraction of sp³-hybridized carbons (Fsp3) is 0.0500. The van der Waals surface area contributed by atoms with Crippen molar-refractivity contribution in [3.63, 3.8) is 0 Å². The summed E-state index contributed by atoms with van der Waals surface area (Å²) >= 11 is 6.05. The van der Waals surface area contributed by atoms with Crippen LogP contribution in [0.5, 0.6) is 5.75 Å². The number of carbonyl (C=O) groups excluding carboxylic acids is 2. The molecule has 136 valence electrons. The van der Waals surface area contributed by atoms with Crippen LogP contribution in [0.3, 0.4) is 0 Å². The van der Waals surface area contributed by atoms with Crippen molar-refractivity contribution in [2.75, 3.05) is 17.7 Å².